The van der Waals surface area contributed by atoms with E-state index >= 15 is 0 Å². The van der Waals surface area contributed by atoms with Crippen LogP contribution in [0.4, 0.5) is 11.5 Å². The summed E-state index contributed by atoms with van der Waals surface area (Å²) in [4.78, 5) is 16.3. The average molecular weight is 276 g/mol. The first-order valence-corrected chi connectivity index (χ1v) is 6.20. The van der Waals surface area contributed by atoms with Crippen molar-refractivity contribution in [1.82, 2.24) is 4.98 Å². The number of hydrogen-bond acceptors (Lipinski definition) is 3. The topological polar surface area (TPSA) is 54.0 Å². The van der Waals surface area contributed by atoms with Gasteiger partial charge in [-0.05, 0) is 31.2 Å². The van der Waals surface area contributed by atoms with Crippen LogP contribution < -0.4 is 10.6 Å². The number of aromatic nitrogens is 1. The molecule has 1 amide bonds. The highest BCUT2D eigenvalue weighted by Gasteiger charge is 2.13. The number of carbonyl (C=O) groups is 1. The molecule has 0 atom stereocenters. The van der Waals surface area contributed by atoms with Crippen molar-refractivity contribution < 1.29 is 4.79 Å². The van der Waals surface area contributed by atoms with Gasteiger partial charge in [-0.3, -0.25) is 4.79 Å². The lowest BCUT2D eigenvalue weighted by Gasteiger charge is -2.11. The second-order valence-electron chi connectivity index (χ2n) is 4.09. The molecule has 1 aromatic heterocycles. The van der Waals surface area contributed by atoms with E-state index in [9.17, 15) is 4.79 Å². The zero-order valence-electron chi connectivity index (χ0n) is 10.7. The highest BCUT2D eigenvalue weighted by atomic mass is 35.5. The third kappa shape index (κ3) is 3.03. The van der Waals surface area contributed by atoms with Crippen LogP contribution in [0.1, 0.15) is 15.9 Å². The molecule has 2 rings (SSSR count). The van der Waals surface area contributed by atoms with Crippen LogP contribution in [-0.2, 0) is 0 Å². The number of aryl methyl sites for hydroxylation is 1. The summed E-state index contributed by atoms with van der Waals surface area (Å²) in [5.41, 5.74) is 2.33. The van der Waals surface area contributed by atoms with Gasteiger partial charge in [0, 0.05) is 18.9 Å². The molecule has 1 heterocycles. The van der Waals surface area contributed by atoms with Gasteiger partial charge in [-0.2, -0.15) is 0 Å². The van der Waals surface area contributed by atoms with Gasteiger partial charge in [-0.1, -0.05) is 23.2 Å². The van der Waals surface area contributed by atoms with Crippen LogP contribution in [0, 0.1) is 6.92 Å². The smallest absolute Gasteiger partial charge is 0.258 e. The number of hydrogen-bond donors (Lipinski definition) is 2. The van der Waals surface area contributed by atoms with E-state index in [1.807, 2.05) is 25.1 Å². The quantitative estimate of drug-likeness (QED) is 0.903. The minimum absolute atomic E-state index is 0.242. The van der Waals surface area contributed by atoms with E-state index in [4.69, 9.17) is 11.6 Å². The number of nitrogens with zero attached hydrogens (tertiary/aromatic N) is 1. The van der Waals surface area contributed by atoms with E-state index in [0.29, 0.717) is 16.4 Å². The van der Waals surface area contributed by atoms with Crippen molar-refractivity contribution in [3.8, 4) is 0 Å². The van der Waals surface area contributed by atoms with Crippen molar-refractivity contribution in [2.45, 2.75) is 6.92 Å². The maximum atomic E-state index is 12.2. The van der Waals surface area contributed by atoms with Crippen LogP contribution >= 0.6 is 11.6 Å². The maximum absolute atomic E-state index is 12.2. The third-order valence-electron chi connectivity index (χ3n) is 2.68. The summed E-state index contributed by atoms with van der Waals surface area (Å²) >= 11 is 5.97. The van der Waals surface area contributed by atoms with Gasteiger partial charge in [-0.15, -0.1) is 0 Å². The third-order valence-corrected chi connectivity index (χ3v) is 2.98. The Balaban J connectivity index is 2.30. The first-order chi connectivity index (χ1) is 9.11. The number of rotatable bonds is 3. The lowest BCUT2D eigenvalue weighted by atomic mass is 10.1. The first-order valence-electron chi connectivity index (χ1n) is 5.82. The fraction of sp³-hybridized carbons (Fsp3) is 0.143. The molecule has 1 aromatic carbocycles. The Bertz CT molecular complexity index is 613. The van der Waals surface area contributed by atoms with E-state index in [0.717, 1.165) is 11.3 Å². The standard InChI is InChI=1S/C14H14ClN3O/c1-9-5-6-12(16-2)10(8-9)14(19)18-13-11(15)4-3-7-17-13/h3-8,16H,1-2H3,(H,17,18,19). The molecule has 0 aliphatic heterocycles. The number of nitrogens with one attached hydrogen (secondary N) is 2. The molecule has 0 saturated carbocycles. The number of benzene rings is 1. The normalized spacial score (nSPS) is 10.1. The van der Waals surface area contributed by atoms with Gasteiger partial charge >= 0.3 is 0 Å². The Morgan fingerprint density at radius 2 is 2.11 bits per heavy atom. The second-order valence-corrected chi connectivity index (χ2v) is 4.49. The highest BCUT2D eigenvalue weighted by molar-refractivity contribution is 6.33. The molecule has 0 unspecified atom stereocenters. The number of anilines is 2. The van der Waals surface area contributed by atoms with E-state index in [1.165, 1.54) is 0 Å². The number of halogens is 1. The summed E-state index contributed by atoms with van der Waals surface area (Å²) in [6.07, 6.45) is 1.58. The van der Waals surface area contributed by atoms with E-state index < -0.39 is 0 Å². The van der Waals surface area contributed by atoms with Crippen LogP contribution in [0.3, 0.4) is 0 Å². The minimum Gasteiger partial charge on any atom is -0.387 e. The van der Waals surface area contributed by atoms with Crippen molar-refractivity contribution >= 4 is 29.0 Å². The van der Waals surface area contributed by atoms with Gasteiger partial charge in [0.15, 0.2) is 5.82 Å². The molecule has 2 aromatic rings. The monoisotopic (exact) mass is 275 g/mol. The molecule has 0 radical (unpaired) electrons. The van der Waals surface area contributed by atoms with Gasteiger partial charge in [0.1, 0.15) is 0 Å². The average Bonchev–Trinajstić information content (AvgIpc) is 2.41. The molecule has 0 saturated heterocycles. The lowest BCUT2D eigenvalue weighted by molar-refractivity contribution is 0.102. The Kier molecular flexibility index (Phi) is 4.02. The van der Waals surface area contributed by atoms with Crippen LogP contribution in [-0.4, -0.2) is 17.9 Å². The lowest BCUT2D eigenvalue weighted by Crippen LogP contribution is -2.15. The molecule has 5 heteroatoms. The van der Waals surface area contributed by atoms with Gasteiger partial charge in [0.2, 0.25) is 0 Å². The van der Waals surface area contributed by atoms with Crippen molar-refractivity contribution in [2.24, 2.45) is 0 Å². The predicted molar refractivity (Wildman–Crippen MR) is 77.9 cm³/mol. The Morgan fingerprint density at radius 1 is 1.32 bits per heavy atom. The van der Waals surface area contributed by atoms with Gasteiger partial charge in [0.05, 0.1) is 10.6 Å². The first kappa shape index (κ1) is 13.4. The summed E-state index contributed by atoms with van der Waals surface area (Å²) in [5.74, 6) is 0.117. The fourth-order valence-electron chi connectivity index (χ4n) is 1.72. The minimum atomic E-state index is -0.242. The van der Waals surface area contributed by atoms with E-state index in [-0.39, 0.29) is 5.91 Å². The molecule has 0 fully saturated rings. The molecule has 19 heavy (non-hydrogen) atoms. The van der Waals surface area contributed by atoms with Crippen LogP contribution in [0.2, 0.25) is 5.02 Å². The van der Waals surface area contributed by atoms with E-state index in [1.54, 1.807) is 25.4 Å². The number of carbonyl (C=O) groups excluding carboxylic acids is 1. The summed E-state index contributed by atoms with van der Waals surface area (Å²) in [5, 5.41) is 6.11. The molecule has 98 valence electrons. The Morgan fingerprint density at radius 3 is 2.79 bits per heavy atom. The summed E-state index contributed by atoms with van der Waals surface area (Å²) in [6, 6.07) is 9.02. The Labute approximate surface area is 116 Å². The van der Waals surface area contributed by atoms with Crippen molar-refractivity contribution in [2.75, 3.05) is 17.7 Å². The molecule has 2 N–H and O–H groups in total. The zero-order chi connectivity index (χ0) is 13.8. The molecular weight excluding hydrogens is 262 g/mol. The van der Waals surface area contributed by atoms with Gasteiger partial charge < -0.3 is 10.6 Å². The molecule has 0 spiro atoms. The van der Waals surface area contributed by atoms with Crippen molar-refractivity contribution in [3.63, 3.8) is 0 Å². The summed E-state index contributed by atoms with van der Waals surface area (Å²) in [7, 11) is 1.77. The van der Waals surface area contributed by atoms with Crippen LogP contribution in [0.5, 0.6) is 0 Å². The Hall–Kier alpha value is -2.07. The predicted octanol–water partition coefficient (Wildman–Crippen LogP) is 3.34. The summed E-state index contributed by atoms with van der Waals surface area (Å²) < 4.78 is 0. The van der Waals surface area contributed by atoms with E-state index in [2.05, 4.69) is 15.6 Å². The van der Waals surface area contributed by atoms with Gasteiger partial charge in [0.25, 0.3) is 5.91 Å². The van der Waals surface area contributed by atoms with Crippen molar-refractivity contribution in [1.29, 1.82) is 0 Å². The second kappa shape index (κ2) is 5.71. The van der Waals surface area contributed by atoms with Gasteiger partial charge in [-0.25, -0.2) is 4.98 Å². The maximum Gasteiger partial charge on any atom is 0.258 e. The highest BCUT2D eigenvalue weighted by Crippen LogP contribution is 2.21. The fourth-order valence-corrected chi connectivity index (χ4v) is 1.89. The molecule has 0 aliphatic rings. The number of pyridine rings is 1. The largest absolute Gasteiger partial charge is 0.387 e. The molecule has 0 bridgehead atoms. The molecule has 4 nitrogen and oxygen atoms in total. The molecule has 0 aliphatic carbocycles. The summed E-state index contributed by atoms with van der Waals surface area (Å²) in [6.45, 7) is 1.93. The van der Waals surface area contributed by atoms with Crippen molar-refractivity contribution in [3.05, 3.63) is 52.7 Å². The van der Waals surface area contributed by atoms with Crippen LogP contribution in [0.15, 0.2) is 36.5 Å². The number of amides is 1. The molecular formula is C14H14ClN3O. The SMILES string of the molecule is CNc1ccc(C)cc1C(=O)Nc1ncccc1Cl. The zero-order valence-corrected chi connectivity index (χ0v) is 11.5. The van der Waals surface area contributed by atoms with Crippen LogP contribution in [0.25, 0.3) is 0 Å².